The predicted octanol–water partition coefficient (Wildman–Crippen LogP) is 2.21. The van der Waals surface area contributed by atoms with Gasteiger partial charge in [-0.25, -0.2) is 0 Å². The Hall–Kier alpha value is -2.96. The molecule has 2 rings (SSSR count). The molecule has 2 aromatic rings. The van der Waals surface area contributed by atoms with Crippen molar-refractivity contribution in [1.82, 2.24) is 5.32 Å². The Morgan fingerprint density at radius 2 is 1.68 bits per heavy atom. The first-order valence-corrected chi connectivity index (χ1v) is 7.47. The zero-order valence-corrected chi connectivity index (χ0v) is 13.4. The van der Waals surface area contributed by atoms with Gasteiger partial charge in [0.2, 0.25) is 0 Å². The lowest BCUT2D eigenvalue weighted by Gasteiger charge is -2.20. The molecule has 0 spiro atoms. The summed E-state index contributed by atoms with van der Waals surface area (Å²) in [6.07, 6.45) is -0.388. The summed E-state index contributed by atoms with van der Waals surface area (Å²) in [5.41, 5.74) is 1.81. The minimum atomic E-state index is -2.95. The highest BCUT2D eigenvalue weighted by Crippen LogP contribution is 2.19. The molecule has 0 aliphatic heterocycles. The molecule has 0 saturated carbocycles. The maximum absolute atomic E-state index is 12.3. The molecule has 0 aliphatic carbocycles. The number of carbonyl (C=O) groups is 2. The highest BCUT2D eigenvalue weighted by atomic mass is 19.3. The van der Waals surface area contributed by atoms with Crippen LogP contribution < -0.4 is 15.2 Å². The minimum absolute atomic E-state index is 0.0728. The number of carboxylic acid groups (broad SMARTS) is 1. The SMILES string of the molecule is Cc1ccc([C@@H](CC(=O)[O-])NC(=O)c2ccc(OC(F)F)cc2)cc1. The molecule has 0 unspecified atom stereocenters. The van der Waals surface area contributed by atoms with Crippen LogP contribution in [0.4, 0.5) is 8.78 Å². The third kappa shape index (κ3) is 5.56. The number of halogens is 2. The van der Waals surface area contributed by atoms with Crippen LogP contribution >= 0.6 is 0 Å². The quantitative estimate of drug-likeness (QED) is 0.832. The summed E-state index contributed by atoms with van der Waals surface area (Å²) in [5, 5.41) is 13.6. The van der Waals surface area contributed by atoms with E-state index in [0.29, 0.717) is 5.56 Å². The second-order valence-corrected chi connectivity index (χ2v) is 5.42. The molecule has 0 heterocycles. The highest BCUT2D eigenvalue weighted by Gasteiger charge is 2.16. The van der Waals surface area contributed by atoms with E-state index in [0.717, 1.165) is 5.56 Å². The number of ether oxygens (including phenoxy) is 1. The number of aryl methyl sites for hydroxylation is 1. The van der Waals surface area contributed by atoms with Crippen LogP contribution in [-0.4, -0.2) is 18.5 Å². The molecule has 5 nitrogen and oxygen atoms in total. The molecule has 1 amide bonds. The van der Waals surface area contributed by atoms with Gasteiger partial charge in [-0.2, -0.15) is 8.78 Å². The number of hydrogen-bond donors (Lipinski definition) is 1. The summed E-state index contributed by atoms with van der Waals surface area (Å²) < 4.78 is 28.5. The molecule has 0 aliphatic rings. The zero-order valence-electron chi connectivity index (χ0n) is 13.4. The molecule has 1 atom stereocenters. The van der Waals surface area contributed by atoms with E-state index in [2.05, 4.69) is 10.1 Å². The first-order chi connectivity index (χ1) is 11.8. The summed E-state index contributed by atoms with van der Waals surface area (Å²) in [7, 11) is 0. The Morgan fingerprint density at radius 3 is 2.20 bits per heavy atom. The Morgan fingerprint density at radius 1 is 1.08 bits per heavy atom. The summed E-state index contributed by atoms with van der Waals surface area (Å²) in [6.45, 7) is -1.06. The van der Waals surface area contributed by atoms with Crippen LogP contribution in [0.3, 0.4) is 0 Å². The van der Waals surface area contributed by atoms with E-state index in [1.807, 2.05) is 6.92 Å². The van der Waals surface area contributed by atoms with E-state index in [4.69, 9.17) is 0 Å². The third-order valence-electron chi connectivity index (χ3n) is 3.50. The number of nitrogens with one attached hydrogen (secondary N) is 1. The summed E-state index contributed by atoms with van der Waals surface area (Å²) in [6, 6.07) is 11.4. The van der Waals surface area contributed by atoms with E-state index in [9.17, 15) is 23.5 Å². The number of alkyl halides is 2. The lowest BCUT2D eigenvalue weighted by molar-refractivity contribution is -0.306. The average Bonchev–Trinajstić information content (AvgIpc) is 2.54. The summed E-state index contributed by atoms with van der Waals surface area (Å²) >= 11 is 0. The van der Waals surface area contributed by atoms with Gasteiger partial charge in [0.1, 0.15) is 5.75 Å². The van der Waals surface area contributed by atoms with Gasteiger partial charge in [0.15, 0.2) is 0 Å². The Bertz CT molecular complexity index is 730. The topological polar surface area (TPSA) is 78.5 Å². The summed E-state index contributed by atoms with van der Waals surface area (Å²) in [5.74, 6) is -1.90. The van der Waals surface area contributed by atoms with Crippen molar-refractivity contribution in [1.29, 1.82) is 0 Å². The third-order valence-corrected chi connectivity index (χ3v) is 3.50. The normalized spacial score (nSPS) is 11.8. The summed E-state index contributed by atoms with van der Waals surface area (Å²) in [4.78, 5) is 23.3. The highest BCUT2D eigenvalue weighted by molar-refractivity contribution is 5.94. The second kappa shape index (κ2) is 8.23. The van der Waals surface area contributed by atoms with Gasteiger partial charge in [0.05, 0.1) is 6.04 Å². The number of amides is 1. The number of benzene rings is 2. The molecule has 0 saturated heterocycles. The van der Waals surface area contributed by atoms with Gasteiger partial charge in [-0.1, -0.05) is 29.8 Å². The van der Waals surface area contributed by atoms with Gasteiger partial charge in [-0.15, -0.1) is 0 Å². The Labute approximate surface area is 143 Å². The minimum Gasteiger partial charge on any atom is -0.550 e. The van der Waals surface area contributed by atoms with E-state index >= 15 is 0 Å². The predicted molar refractivity (Wildman–Crippen MR) is 84.1 cm³/mol. The van der Waals surface area contributed by atoms with Crippen molar-refractivity contribution in [3.05, 3.63) is 65.2 Å². The molecule has 0 fully saturated rings. The van der Waals surface area contributed by atoms with Crippen LogP contribution in [0.2, 0.25) is 0 Å². The van der Waals surface area contributed by atoms with Crippen LogP contribution in [-0.2, 0) is 4.79 Å². The first-order valence-electron chi connectivity index (χ1n) is 7.47. The number of aliphatic carboxylic acids is 1. The molecule has 132 valence electrons. The van der Waals surface area contributed by atoms with Crippen molar-refractivity contribution in [2.45, 2.75) is 26.0 Å². The molecule has 0 radical (unpaired) electrons. The van der Waals surface area contributed by atoms with E-state index < -0.39 is 24.5 Å². The van der Waals surface area contributed by atoms with Crippen LogP contribution in [0.25, 0.3) is 0 Å². The maximum atomic E-state index is 12.3. The van der Waals surface area contributed by atoms with Crippen LogP contribution in [0.15, 0.2) is 48.5 Å². The molecule has 0 bridgehead atoms. The maximum Gasteiger partial charge on any atom is 0.387 e. The first kappa shape index (κ1) is 18.4. The molecule has 1 N–H and O–H groups in total. The Kier molecular flexibility index (Phi) is 6.05. The molecular formula is C18H16F2NO4-. The van der Waals surface area contributed by atoms with Crippen molar-refractivity contribution >= 4 is 11.9 Å². The molecule has 0 aromatic heterocycles. The van der Waals surface area contributed by atoms with E-state index in [1.54, 1.807) is 24.3 Å². The fraction of sp³-hybridized carbons (Fsp3) is 0.222. The van der Waals surface area contributed by atoms with Crippen LogP contribution in [0, 0.1) is 6.92 Å². The number of carbonyl (C=O) groups excluding carboxylic acids is 2. The lowest BCUT2D eigenvalue weighted by atomic mass is 10.0. The van der Waals surface area contributed by atoms with Crippen molar-refractivity contribution in [2.24, 2.45) is 0 Å². The van der Waals surface area contributed by atoms with E-state index in [1.165, 1.54) is 24.3 Å². The van der Waals surface area contributed by atoms with Gasteiger partial charge in [0.25, 0.3) is 5.91 Å². The second-order valence-electron chi connectivity index (χ2n) is 5.42. The van der Waals surface area contributed by atoms with Gasteiger partial charge in [-0.3, -0.25) is 4.79 Å². The van der Waals surface area contributed by atoms with Crippen molar-refractivity contribution in [2.75, 3.05) is 0 Å². The van der Waals surface area contributed by atoms with Gasteiger partial charge < -0.3 is 20.0 Å². The van der Waals surface area contributed by atoms with Gasteiger partial charge in [-0.05, 0) is 36.8 Å². The molecular weight excluding hydrogens is 332 g/mol. The van der Waals surface area contributed by atoms with Crippen LogP contribution in [0.1, 0.15) is 33.9 Å². The van der Waals surface area contributed by atoms with Crippen molar-refractivity contribution in [3.63, 3.8) is 0 Å². The monoisotopic (exact) mass is 348 g/mol. The lowest BCUT2D eigenvalue weighted by Crippen LogP contribution is -2.34. The van der Waals surface area contributed by atoms with Gasteiger partial charge in [0, 0.05) is 18.0 Å². The fourth-order valence-corrected chi connectivity index (χ4v) is 2.25. The van der Waals surface area contributed by atoms with Crippen LogP contribution in [0.5, 0.6) is 5.75 Å². The molecule has 7 heteroatoms. The van der Waals surface area contributed by atoms with Crippen molar-refractivity contribution in [3.8, 4) is 5.75 Å². The van der Waals surface area contributed by atoms with E-state index in [-0.39, 0.29) is 17.7 Å². The molecule has 25 heavy (non-hydrogen) atoms. The molecule has 2 aromatic carbocycles. The average molecular weight is 348 g/mol. The largest absolute Gasteiger partial charge is 0.550 e. The number of carboxylic acids is 1. The smallest absolute Gasteiger partial charge is 0.387 e. The Balaban J connectivity index is 2.13. The number of rotatable bonds is 7. The fourth-order valence-electron chi connectivity index (χ4n) is 2.25. The van der Waals surface area contributed by atoms with Crippen molar-refractivity contribution < 1.29 is 28.2 Å². The zero-order chi connectivity index (χ0) is 18.4. The standard InChI is InChI=1S/C18H17F2NO4/c1-11-2-4-12(5-3-11)15(10-16(22)23)21-17(24)13-6-8-14(9-7-13)25-18(19)20/h2-9,15,18H,10H2,1H3,(H,21,24)(H,22,23)/p-1/t15-/m1/s1. The van der Waals surface area contributed by atoms with Gasteiger partial charge >= 0.3 is 6.61 Å². The number of hydrogen-bond acceptors (Lipinski definition) is 4.